The molecule has 1 atom stereocenters. The van der Waals surface area contributed by atoms with Crippen LogP contribution in [0.4, 0.5) is 4.39 Å². The minimum absolute atomic E-state index is 0.0140. The number of nitrogens with zero attached hydrogens (tertiary/aromatic N) is 1. The number of piperidine rings is 1. The summed E-state index contributed by atoms with van der Waals surface area (Å²) < 4.78 is 44.3. The molecular formula is C23H27FN2O5S. The average molecular weight is 463 g/mol. The summed E-state index contributed by atoms with van der Waals surface area (Å²) >= 11 is 0. The maximum Gasteiger partial charge on any atom is 0.247 e. The van der Waals surface area contributed by atoms with Crippen LogP contribution in [0, 0.1) is 11.7 Å². The van der Waals surface area contributed by atoms with Crippen LogP contribution < -0.4 is 10.5 Å². The lowest BCUT2D eigenvalue weighted by molar-refractivity contribution is -0.128. The number of hydrogen-bond donors (Lipinski definition) is 2. The van der Waals surface area contributed by atoms with Crippen LogP contribution in [-0.2, 0) is 14.6 Å². The molecule has 1 aliphatic heterocycles. The summed E-state index contributed by atoms with van der Waals surface area (Å²) in [6.45, 7) is 1.87. The van der Waals surface area contributed by atoms with Crippen LogP contribution >= 0.6 is 0 Å². The minimum Gasteiger partial charge on any atom is -0.457 e. The first-order valence-electron chi connectivity index (χ1n) is 10.7. The van der Waals surface area contributed by atoms with Gasteiger partial charge in [-0.25, -0.2) is 12.8 Å². The first-order valence-corrected chi connectivity index (χ1v) is 12.2. The third kappa shape index (κ3) is 4.51. The molecule has 0 bridgehead atoms. The van der Waals surface area contributed by atoms with E-state index in [2.05, 4.69) is 4.90 Å². The van der Waals surface area contributed by atoms with Crippen molar-refractivity contribution >= 4 is 15.7 Å². The number of sulfone groups is 1. The highest BCUT2D eigenvalue weighted by Crippen LogP contribution is 2.40. The molecular weight excluding hydrogens is 435 g/mol. The van der Waals surface area contributed by atoms with Gasteiger partial charge in [0.05, 0.1) is 4.90 Å². The second-order valence-corrected chi connectivity index (χ2v) is 10.9. The van der Waals surface area contributed by atoms with Gasteiger partial charge in [0.2, 0.25) is 5.91 Å². The van der Waals surface area contributed by atoms with Gasteiger partial charge in [0.25, 0.3) is 0 Å². The molecule has 32 heavy (non-hydrogen) atoms. The number of carbonyl (C=O) groups is 1. The van der Waals surface area contributed by atoms with Crippen molar-refractivity contribution in [2.24, 2.45) is 11.7 Å². The summed E-state index contributed by atoms with van der Waals surface area (Å²) in [5.74, 6) is 0.0135. The molecule has 1 saturated carbocycles. The van der Waals surface area contributed by atoms with Crippen molar-refractivity contribution in [3.05, 3.63) is 54.3 Å². The number of amides is 1. The maximum absolute atomic E-state index is 13.6. The Kier molecular flexibility index (Phi) is 6.24. The summed E-state index contributed by atoms with van der Waals surface area (Å²) in [5, 5.41) is 10.6. The molecule has 0 radical (unpaired) electrons. The molecule has 1 aliphatic carbocycles. The summed E-state index contributed by atoms with van der Waals surface area (Å²) in [5.41, 5.74) is 5.36. The molecule has 1 amide bonds. The zero-order chi connectivity index (χ0) is 22.9. The summed E-state index contributed by atoms with van der Waals surface area (Å²) in [4.78, 5) is 14.1. The number of aliphatic hydroxyl groups is 1. The van der Waals surface area contributed by atoms with E-state index < -0.39 is 26.6 Å². The molecule has 2 aromatic carbocycles. The maximum atomic E-state index is 13.6. The Morgan fingerprint density at radius 2 is 1.62 bits per heavy atom. The molecule has 172 valence electrons. The summed E-state index contributed by atoms with van der Waals surface area (Å²) in [7, 11) is -4.08. The molecule has 7 nitrogen and oxygen atoms in total. The van der Waals surface area contributed by atoms with Crippen molar-refractivity contribution in [3.63, 3.8) is 0 Å². The first kappa shape index (κ1) is 22.7. The number of nitrogens with two attached hydrogens (primary N) is 1. The molecule has 0 aromatic heterocycles. The fourth-order valence-electron chi connectivity index (χ4n) is 4.29. The van der Waals surface area contributed by atoms with Crippen LogP contribution in [0.15, 0.2) is 53.4 Å². The summed E-state index contributed by atoms with van der Waals surface area (Å²) in [6.07, 6.45) is 0.831. The number of aliphatic hydroxyl groups excluding tert-OH is 1. The van der Waals surface area contributed by atoms with Gasteiger partial charge in [-0.1, -0.05) is 0 Å². The third-order valence-corrected chi connectivity index (χ3v) is 9.00. The number of ether oxygens (including phenoxy) is 1. The Morgan fingerprint density at radius 3 is 2.12 bits per heavy atom. The largest absolute Gasteiger partial charge is 0.457 e. The number of halogens is 1. The highest BCUT2D eigenvalue weighted by atomic mass is 32.2. The van der Waals surface area contributed by atoms with Crippen LogP contribution in [0.1, 0.15) is 25.7 Å². The number of likely N-dealkylation sites (tertiary alicyclic amines) is 1. The van der Waals surface area contributed by atoms with E-state index in [1.54, 1.807) is 0 Å². The van der Waals surface area contributed by atoms with Crippen LogP contribution in [0.3, 0.4) is 0 Å². The Hall–Kier alpha value is -2.49. The van der Waals surface area contributed by atoms with Crippen molar-refractivity contribution in [2.75, 3.05) is 19.6 Å². The molecule has 1 saturated heterocycles. The first-order chi connectivity index (χ1) is 15.2. The van der Waals surface area contributed by atoms with E-state index >= 15 is 0 Å². The van der Waals surface area contributed by atoms with Crippen LogP contribution in [0.2, 0.25) is 0 Å². The van der Waals surface area contributed by atoms with E-state index in [1.165, 1.54) is 61.4 Å². The predicted molar refractivity (Wildman–Crippen MR) is 116 cm³/mol. The van der Waals surface area contributed by atoms with E-state index in [4.69, 9.17) is 10.5 Å². The van der Waals surface area contributed by atoms with Crippen LogP contribution in [-0.4, -0.2) is 54.8 Å². The van der Waals surface area contributed by atoms with Crippen LogP contribution in [0.5, 0.6) is 11.5 Å². The molecule has 0 spiro atoms. The lowest BCUT2D eigenvalue weighted by atomic mass is 9.89. The highest BCUT2D eigenvalue weighted by Gasteiger charge is 2.54. The van der Waals surface area contributed by atoms with Gasteiger partial charge in [-0.05, 0) is 93.2 Å². The predicted octanol–water partition coefficient (Wildman–Crippen LogP) is 2.48. The van der Waals surface area contributed by atoms with E-state index in [9.17, 15) is 22.7 Å². The monoisotopic (exact) mass is 462 g/mol. The van der Waals surface area contributed by atoms with Gasteiger partial charge in [0.15, 0.2) is 15.9 Å². The number of carbonyl (C=O) groups excluding carboxylic acids is 1. The van der Waals surface area contributed by atoms with Gasteiger partial charge < -0.3 is 20.5 Å². The van der Waals surface area contributed by atoms with Gasteiger partial charge >= 0.3 is 0 Å². The quantitative estimate of drug-likeness (QED) is 0.624. The molecule has 3 N–H and O–H groups in total. The van der Waals surface area contributed by atoms with Crippen molar-refractivity contribution in [1.29, 1.82) is 0 Å². The van der Waals surface area contributed by atoms with Gasteiger partial charge in [-0.3, -0.25) is 4.79 Å². The minimum atomic E-state index is -4.08. The molecule has 1 heterocycles. The fraction of sp³-hybridized carbons (Fsp3) is 0.435. The Morgan fingerprint density at radius 1 is 1.09 bits per heavy atom. The molecule has 2 fully saturated rings. The third-order valence-electron chi connectivity index (χ3n) is 6.40. The van der Waals surface area contributed by atoms with E-state index in [0.29, 0.717) is 30.5 Å². The number of hydrogen-bond acceptors (Lipinski definition) is 6. The fourth-order valence-corrected chi connectivity index (χ4v) is 6.38. The van der Waals surface area contributed by atoms with Gasteiger partial charge in [0, 0.05) is 6.54 Å². The lowest BCUT2D eigenvalue weighted by Gasteiger charge is -2.43. The van der Waals surface area contributed by atoms with E-state index in [-0.39, 0.29) is 23.6 Å². The molecule has 2 aromatic rings. The van der Waals surface area contributed by atoms with Crippen molar-refractivity contribution in [2.45, 2.75) is 41.4 Å². The number of benzene rings is 2. The van der Waals surface area contributed by atoms with Gasteiger partial charge in [-0.15, -0.1) is 0 Å². The standard InChI is InChI=1S/C23H27FN2O5S/c24-17-3-5-18(6-4-17)31-19-7-9-20(10-8-19)32(29,30)23(21(27)22(25)28)11-13-26(14-12-23)15-16-1-2-16/h3-10,16,21,27H,1-2,11-15H2,(H2,25,28). The smallest absolute Gasteiger partial charge is 0.247 e. The zero-order valence-corrected chi connectivity index (χ0v) is 18.4. The SMILES string of the molecule is NC(=O)C(O)C1(S(=O)(=O)c2ccc(Oc3ccc(F)cc3)cc2)CCN(CC2CC2)CC1. The lowest BCUT2D eigenvalue weighted by Crippen LogP contribution is -2.60. The van der Waals surface area contributed by atoms with Gasteiger partial charge in [-0.2, -0.15) is 0 Å². The average Bonchev–Trinajstić information content (AvgIpc) is 3.60. The normalized spacial score (nSPS) is 19.9. The number of rotatable bonds is 8. The second kappa shape index (κ2) is 8.80. The zero-order valence-electron chi connectivity index (χ0n) is 17.6. The van der Waals surface area contributed by atoms with Crippen molar-refractivity contribution in [3.8, 4) is 11.5 Å². The van der Waals surface area contributed by atoms with E-state index in [0.717, 1.165) is 6.54 Å². The molecule has 4 rings (SSSR count). The Bertz CT molecular complexity index is 1060. The molecule has 9 heteroatoms. The van der Waals surface area contributed by atoms with Crippen molar-refractivity contribution in [1.82, 2.24) is 4.90 Å². The molecule has 1 unspecified atom stereocenters. The Balaban J connectivity index is 1.56. The highest BCUT2D eigenvalue weighted by molar-refractivity contribution is 7.93. The Labute approximate surface area is 186 Å². The van der Waals surface area contributed by atoms with Crippen LogP contribution in [0.25, 0.3) is 0 Å². The topological polar surface area (TPSA) is 110 Å². The summed E-state index contributed by atoms with van der Waals surface area (Å²) in [6, 6.07) is 11.2. The van der Waals surface area contributed by atoms with Gasteiger partial charge in [0.1, 0.15) is 22.1 Å². The number of primary amides is 1. The second-order valence-electron chi connectivity index (χ2n) is 8.64. The molecule has 2 aliphatic rings. The van der Waals surface area contributed by atoms with E-state index in [1.807, 2.05) is 0 Å². The van der Waals surface area contributed by atoms with Crippen molar-refractivity contribution < 1.29 is 27.4 Å².